The SMILES string of the molecule is c1ccc(C[n+]2ccn(Cc3ccc(Cn4cc[n+](Cc5ccc(Cn6cc[n+](Cc7ccccc7)c6)cc5)c4)cc3)c2)cc1. The van der Waals surface area contributed by atoms with Crippen LogP contribution >= 0.6 is 0 Å². The minimum absolute atomic E-state index is 0.855. The summed E-state index contributed by atoms with van der Waals surface area (Å²) in [7, 11) is 0. The molecule has 0 saturated carbocycles. The van der Waals surface area contributed by atoms with E-state index in [2.05, 4.69) is 193 Å². The van der Waals surface area contributed by atoms with Gasteiger partial charge in [-0.05, 0) is 33.4 Å². The molecule has 7 rings (SSSR count). The molecule has 0 unspecified atom stereocenters. The van der Waals surface area contributed by atoms with Crippen LogP contribution in [0.2, 0.25) is 0 Å². The van der Waals surface area contributed by atoms with Crippen molar-refractivity contribution in [2.24, 2.45) is 0 Å². The number of hydrogen-bond acceptors (Lipinski definition) is 0. The van der Waals surface area contributed by atoms with Gasteiger partial charge < -0.3 is 0 Å². The third-order valence-corrected chi connectivity index (χ3v) is 8.16. The van der Waals surface area contributed by atoms with Gasteiger partial charge in [0, 0.05) is 0 Å². The van der Waals surface area contributed by atoms with E-state index in [9.17, 15) is 0 Å². The Kier molecular flexibility index (Phi) is 8.45. The summed E-state index contributed by atoms with van der Waals surface area (Å²) in [6.45, 7) is 5.22. The van der Waals surface area contributed by atoms with E-state index in [4.69, 9.17) is 0 Å². The average Bonchev–Trinajstić information content (AvgIpc) is 3.82. The first-order valence-corrected chi connectivity index (χ1v) is 15.6. The number of hydrogen-bond donors (Lipinski definition) is 0. The van der Waals surface area contributed by atoms with Gasteiger partial charge in [-0.2, -0.15) is 0 Å². The first-order valence-electron chi connectivity index (χ1n) is 15.6. The smallest absolute Gasteiger partial charge is 0.233 e. The normalized spacial score (nSPS) is 11.2. The molecule has 6 nitrogen and oxygen atoms in total. The van der Waals surface area contributed by atoms with E-state index in [0.717, 1.165) is 39.3 Å². The summed E-state index contributed by atoms with van der Waals surface area (Å²) >= 11 is 0. The van der Waals surface area contributed by atoms with Gasteiger partial charge in [-0.15, -0.1) is 0 Å². The van der Waals surface area contributed by atoms with Crippen LogP contribution in [0.15, 0.2) is 165 Å². The second-order valence-electron chi connectivity index (χ2n) is 11.9. The van der Waals surface area contributed by atoms with E-state index in [1.165, 1.54) is 33.4 Å². The van der Waals surface area contributed by atoms with Gasteiger partial charge in [0.15, 0.2) is 0 Å². The van der Waals surface area contributed by atoms with E-state index >= 15 is 0 Å². The third kappa shape index (κ3) is 7.73. The molecule has 3 heterocycles. The van der Waals surface area contributed by atoms with Crippen LogP contribution in [-0.2, 0) is 39.3 Å². The number of nitrogens with zero attached hydrogens (tertiary/aromatic N) is 6. The molecule has 0 spiro atoms. The standard InChI is InChI=1S/C39H39N6/c1-3-7-34(8-4-1)25-40-19-21-42(31-40)27-36-11-15-38(16-12-36)29-44-23-24-45(33-44)30-39-17-13-37(14-18-39)28-43-22-20-41(32-43)26-35-9-5-2-6-10-35/h1-24,31-33H,25-30H2/q+3. The van der Waals surface area contributed by atoms with Gasteiger partial charge in [0.1, 0.15) is 76.4 Å². The molecule has 4 aromatic carbocycles. The summed E-state index contributed by atoms with van der Waals surface area (Å²) in [4.78, 5) is 0. The van der Waals surface area contributed by atoms with Crippen molar-refractivity contribution >= 4 is 0 Å². The Morgan fingerprint density at radius 3 is 0.956 bits per heavy atom. The van der Waals surface area contributed by atoms with Gasteiger partial charge in [-0.1, -0.05) is 109 Å². The zero-order valence-corrected chi connectivity index (χ0v) is 25.5. The van der Waals surface area contributed by atoms with Crippen molar-refractivity contribution in [2.75, 3.05) is 0 Å². The predicted octanol–water partition coefficient (Wildman–Crippen LogP) is 5.24. The van der Waals surface area contributed by atoms with Crippen LogP contribution < -0.4 is 13.7 Å². The van der Waals surface area contributed by atoms with Gasteiger partial charge in [0.05, 0.1) is 0 Å². The highest BCUT2D eigenvalue weighted by Crippen LogP contribution is 2.10. The minimum Gasteiger partial charge on any atom is -0.233 e. The first kappa shape index (κ1) is 28.3. The number of benzene rings is 4. The Morgan fingerprint density at radius 2 is 0.622 bits per heavy atom. The van der Waals surface area contributed by atoms with Crippen LogP contribution in [0.3, 0.4) is 0 Å². The van der Waals surface area contributed by atoms with E-state index in [1.54, 1.807) is 0 Å². The van der Waals surface area contributed by atoms with Crippen molar-refractivity contribution in [1.82, 2.24) is 13.7 Å². The lowest BCUT2D eigenvalue weighted by Gasteiger charge is -2.02. The fraction of sp³-hybridized carbons (Fsp3) is 0.154. The van der Waals surface area contributed by atoms with E-state index in [1.807, 2.05) is 0 Å². The van der Waals surface area contributed by atoms with Crippen molar-refractivity contribution in [3.8, 4) is 0 Å². The van der Waals surface area contributed by atoms with Crippen molar-refractivity contribution in [1.29, 1.82) is 0 Å². The van der Waals surface area contributed by atoms with Crippen molar-refractivity contribution in [3.05, 3.63) is 199 Å². The fourth-order valence-corrected chi connectivity index (χ4v) is 5.81. The number of imidazole rings is 3. The Bertz CT molecular complexity index is 1790. The molecule has 0 aliphatic rings. The summed E-state index contributed by atoms with van der Waals surface area (Å²) in [5, 5.41) is 0. The van der Waals surface area contributed by atoms with Crippen LogP contribution in [0.25, 0.3) is 0 Å². The van der Waals surface area contributed by atoms with Crippen LogP contribution in [0.1, 0.15) is 33.4 Å². The van der Waals surface area contributed by atoms with Crippen LogP contribution in [0.4, 0.5) is 0 Å². The molecule has 45 heavy (non-hydrogen) atoms. The fourth-order valence-electron chi connectivity index (χ4n) is 5.81. The van der Waals surface area contributed by atoms with Gasteiger partial charge in [0.2, 0.25) is 19.0 Å². The molecule has 0 amide bonds. The average molecular weight is 592 g/mol. The molecule has 0 radical (unpaired) electrons. The Hall–Kier alpha value is -5.49. The highest BCUT2D eigenvalue weighted by Gasteiger charge is 2.10. The Balaban J connectivity index is 0.891. The molecular weight excluding hydrogens is 552 g/mol. The topological polar surface area (TPSA) is 26.4 Å². The van der Waals surface area contributed by atoms with Gasteiger partial charge in [0.25, 0.3) is 0 Å². The summed E-state index contributed by atoms with van der Waals surface area (Å²) in [6.07, 6.45) is 19.4. The number of aromatic nitrogens is 6. The zero-order valence-electron chi connectivity index (χ0n) is 25.5. The maximum absolute atomic E-state index is 2.25. The van der Waals surface area contributed by atoms with E-state index in [0.29, 0.717) is 0 Å². The first-order chi connectivity index (χ1) is 22.2. The van der Waals surface area contributed by atoms with E-state index in [-0.39, 0.29) is 0 Å². The summed E-state index contributed by atoms with van der Waals surface area (Å²) < 4.78 is 13.4. The van der Waals surface area contributed by atoms with Crippen LogP contribution in [0.5, 0.6) is 0 Å². The summed E-state index contributed by atoms with van der Waals surface area (Å²) in [6, 6.07) is 39.1. The second kappa shape index (κ2) is 13.4. The Labute approximate surface area is 265 Å². The molecule has 222 valence electrons. The summed E-state index contributed by atoms with van der Waals surface area (Å²) in [5.41, 5.74) is 7.82. The minimum atomic E-state index is 0.855. The summed E-state index contributed by atoms with van der Waals surface area (Å²) in [5.74, 6) is 0. The number of rotatable bonds is 12. The van der Waals surface area contributed by atoms with Crippen molar-refractivity contribution < 1.29 is 13.7 Å². The molecule has 0 N–H and O–H groups in total. The lowest BCUT2D eigenvalue weighted by atomic mass is 10.1. The highest BCUT2D eigenvalue weighted by atomic mass is 15.1. The molecule has 0 saturated heterocycles. The molecule has 0 aliphatic carbocycles. The molecule has 3 aromatic heterocycles. The molecule has 0 bridgehead atoms. The van der Waals surface area contributed by atoms with Gasteiger partial charge in [-0.25, -0.2) is 27.4 Å². The van der Waals surface area contributed by atoms with Crippen LogP contribution in [0, 0.1) is 0 Å². The van der Waals surface area contributed by atoms with Gasteiger partial charge >= 0.3 is 0 Å². The monoisotopic (exact) mass is 591 g/mol. The van der Waals surface area contributed by atoms with Gasteiger partial charge in [-0.3, -0.25) is 0 Å². The maximum Gasteiger partial charge on any atom is 0.244 e. The molecule has 0 atom stereocenters. The van der Waals surface area contributed by atoms with E-state index < -0.39 is 0 Å². The third-order valence-electron chi connectivity index (χ3n) is 8.16. The van der Waals surface area contributed by atoms with Crippen molar-refractivity contribution in [2.45, 2.75) is 39.3 Å². The predicted molar refractivity (Wildman–Crippen MR) is 174 cm³/mol. The second-order valence-corrected chi connectivity index (χ2v) is 11.9. The molecule has 7 aromatic rings. The maximum atomic E-state index is 2.25. The zero-order chi connectivity index (χ0) is 30.3. The van der Waals surface area contributed by atoms with Crippen LogP contribution in [-0.4, -0.2) is 13.7 Å². The molecular formula is C39H39N6+3. The largest absolute Gasteiger partial charge is 0.244 e. The Morgan fingerprint density at radius 1 is 0.333 bits per heavy atom. The molecule has 0 fully saturated rings. The lowest BCUT2D eigenvalue weighted by Crippen LogP contribution is -2.31. The highest BCUT2D eigenvalue weighted by molar-refractivity contribution is 5.24. The lowest BCUT2D eigenvalue weighted by molar-refractivity contribution is -0.688. The molecule has 0 aliphatic heterocycles. The quantitative estimate of drug-likeness (QED) is 0.174. The van der Waals surface area contributed by atoms with Crippen molar-refractivity contribution in [3.63, 3.8) is 0 Å². The molecule has 6 heteroatoms.